The van der Waals surface area contributed by atoms with Gasteiger partial charge in [0.25, 0.3) is 0 Å². The minimum Gasteiger partial charge on any atom is -0.378 e. The third-order valence-electron chi connectivity index (χ3n) is 3.45. The fraction of sp³-hybridized carbons (Fsp3) is 0.333. The summed E-state index contributed by atoms with van der Waals surface area (Å²) in [6.45, 7) is 6.73. The second kappa shape index (κ2) is 5.08. The minimum absolute atomic E-state index is 0.212. The van der Waals surface area contributed by atoms with Gasteiger partial charge in [0.1, 0.15) is 0 Å². The number of nitrogens with zero attached hydrogens (tertiary/aromatic N) is 1. The van der Waals surface area contributed by atoms with E-state index in [1.54, 1.807) is 0 Å². The Labute approximate surface area is 116 Å². The first-order valence-corrected chi connectivity index (χ1v) is 6.76. The van der Waals surface area contributed by atoms with Crippen LogP contribution in [0.3, 0.4) is 0 Å². The van der Waals surface area contributed by atoms with E-state index in [1.165, 1.54) is 22.4 Å². The molecule has 0 fully saturated rings. The summed E-state index contributed by atoms with van der Waals surface area (Å²) in [5.41, 5.74) is 5.37. The summed E-state index contributed by atoms with van der Waals surface area (Å²) in [5.74, 6) is 0. The maximum Gasteiger partial charge on any atom is 0.0367 e. The van der Waals surface area contributed by atoms with Crippen molar-refractivity contribution in [2.45, 2.75) is 26.2 Å². The van der Waals surface area contributed by atoms with Crippen molar-refractivity contribution in [2.24, 2.45) is 0 Å². The van der Waals surface area contributed by atoms with Gasteiger partial charge in [-0.2, -0.15) is 0 Å². The van der Waals surface area contributed by atoms with Crippen molar-refractivity contribution in [3.05, 3.63) is 54.1 Å². The molecule has 0 heterocycles. The molecule has 0 saturated heterocycles. The number of rotatable bonds is 2. The lowest BCUT2D eigenvalue weighted by atomic mass is 9.86. The molecule has 0 unspecified atom stereocenters. The molecule has 0 aliphatic heterocycles. The van der Waals surface area contributed by atoms with Crippen molar-refractivity contribution in [3.63, 3.8) is 0 Å². The van der Waals surface area contributed by atoms with E-state index in [0.29, 0.717) is 0 Å². The molecule has 0 aliphatic rings. The lowest BCUT2D eigenvalue weighted by Crippen LogP contribution is -2.10. The first kappa shape index (κ1) is 13.7. The highest BCUT2D eigenvalue weighted by Gasteiger charge is 2.13. The Morgan fingerprint density at radius 1 is 0.789 bits per heavy atom. The summed E-state index contributed by atoms with van der Waals surface area (Å²) in [6, 6.07) is 17.5. The molecule has 100 valence electrons. The van der Waals surface area contributed by atoms with Crippen LogP contribution in [0.25, 0.3) is 11.1 Å². The van der Waals surface area contributed by atoms with Crippen LogP contribution >= 0.6 is 0 Å². The maximum absolute atomic E-state index is 2.24. The Balaban J connectivity index is 2.35. The third kappa shape index (κ3) is 3.17. The summed E-state index contributed by atoms with van der Waals surface area (Å²) in [7, 11) is 4.14. The zero-order valence-corrected chi connectivity index (χ0v) is 12.6. The fourth-order valence-electron chi connectivity index (χ4n) is 2.13. The molecule has 0 aliphatic carbocycles. The van der Waals surface area contributed by atoms with E-state index >= 15 is 0 Å². The lowest BCUT2D eigenvalue weighted by molar-refractivity contribution is 0.590. The molecule has 0 aromatic heterocycles. The van der Waals surface area contributed by atoms with Crippen LogP contribution in [0.5, 0.6) is 0 Å². The van der Waals surface area contributed by atoms with E-state index in [1.807, 2.05) is 0 Å². The number of anilines is 1. The van der Waals surface area contributed by atoms with E-state index in [2.05, 4.69) is 88.3 Å². The Kier molecular flexibility index (Phi) is 3.66. The average Bonchev–Trinajstić information content (AvgIpc) is 2.38. The molecule has 0 bridgehead atoms. The third-order valence-corrected chi connectivity index (χ3v) is 3.45. The molecule has 0 saturated carbocycles. The zero-order valence-electron chi connectivity index (χ0n) is 12.6. The van der Waals surface area contributed by atoms with Gasteiger partial charge in [-0.25, -0.2) is 0 Å². The van der Waals surface area contributed by atoms with Gasteiger partial charge in [0.15, 0.2) is 0 Å². The normalized spacial score (nSPS) is 11.4. The first-order chi connectivity index (χ1) is 8.88. The topological polar surface area (TPSA) is 3.24 Å². The molecular weight excluding hydrogens is 230 g/mol. The molecule has 1 nitrogen and oxygen atoms in total. The van der Waals surface area contributed by atoms with Crippen molar-refractivity contribution in [2.75, 3.05) is 19.0 Å². The number of hydrogen-bond acceptors (Lipinski definition) is 1. The predicted molar refractivity (Wildman–Crippen MR) is 84.9 cm³/mol. The van der Waals surface area contributed by atoms with E-state index in [9.17, 15) is 0 Å². The fourth-order valence-corrected chi connectivity index (χ4v) is 2.13. The van der Waals surface area contributed by atoms with Gasteiger partial charge in [0.2, 0.25) is 0 Å². The van der Waals surface area contributed by atoms with Crippen LogP contribution in [-0.2, 0) is 5.41 Å². The second-order valence-corrected chi connectivity index (χ2v) is 6.27. The summed E-state index contributed by atoms with van der Waals surface area (Å²) in [5, 5.41) is 0. The van der Waals surface area contributed by atoms with Gasteiger partial charge < -0.3 is 4.90 Å². The zero-order chi connectivity index (χ0) is 14.0. The van der Waals surface area contributed by atoms with Gasteiger partial charge in [0, 0.05) is 19.8 Å². The smallest absolute Gasteiger partial charge is 0.0367 e. The standard InChI is InChI=1S/C18H23N/c1-18(2,3)16-11-9-14(10-12-16)15-7-6-8-17(13-15)19(4)5/h6-13H,1-5H3. The molecule has 0 radical (unpaired) electrons. The largest absolute Gasteiger partial charge is 0.378 e. The molecule has 2 rings (SSSR count). The van der Waals surface area contributed by atoms with E-state index < -0.39 is 0 Å². The van der Waals surface area contributed by atoms with Crippen molar-refractivity contribution in [1.82, 2.24) is 0 Å². The quantitative estimate of drug-likeness (QED) is 0.748. The van der Waals surface area contributed by atoms with Crippen molar-refractivity contribution >= 4 is 5.69 Å². The van der Waals surface area contributed by atoms with Crippen LogP contribution in [0, 0.1) is 0 Å². The summed E-state index contributed by atoms with van der Waals surface area (Å²) in [4.78, 5) is 2.13. The summed E-state index contributed by atoms with van der Waals surface area (Å²) >= 11 is 0. The molecule has 19 heavy (non-hydrogen) atoms. The molecule has 0 amide bonds. The van der Waals surface area contributed by atoms with Gasteiger partial charge in [0.05, 0.1) is 0 Å². The highest BCUT2D eigenvalue weighted by atomic mass is 15.1. The average molecular weight is 253 g/mol. The molecule has 2 aromatic carbocycles. The number of hydrogen-bond donors (Lipinski definition) is 0. The molecule has 1 heteroatoms. The highest BCUT2D eigenvalue weighted by Crippen LogP contribution is 2.27. The molecule has 0 spiro atoms. The molecule has 0 atom stereocenters. The van der Waals surface area contributed by atoms with Gasteiger partial charge >= 0.3 is 0 Å². The summed E-state index contributed by atoms with van der Waals surface area (Å²) < 4.78 is 0. The molecular formula is C18H23N. The van der Waals surface area contributed by atoms with Crippen LogP contribution in [0.4, 0.5) is 5.69 Å². The van der Waals surface area contributed by atoms with Gasteiger partial charge in [-0.1, -0.05) is 57.2 Å². The lowest BCUT2D eigenvalue weighted by Gasteiger charge is -2.19. The highest BCUT2D eigenvalue weighted by molar-refractivity contribution is 5.68. The van der Waals surface area contributed by atoms with Crippen LogP contribution in [0.1, 0.15) is 26.3 Å². The Bertz CT molecular complexity index is 545. The Morgan fingerprint density at radius 2 is 1.42 bits per heavy atom. The van der Waals surface area contributed by atoms with Crippen molar-refractivity contribution in [1.29, 1.82) is 0 Å². The van der Waals surface area contributed by atoms with Crippen LogP contribution in [0.15, 0.2) is 48.5 Å². The van der Waals surface area contributed by atoms with Gasteiger partial charge in [-0.05, 0) is 34.2 Å². The van der Waals surface area contributed by atoms with Crippen LogP contribution in [-0.4, -0.2) is 14.1 Å². The first-order valence-electron chi connectivity index (χ1n) is 6.76. The van der Waals surface area contributed by atoms with Crippen LogP contribution < -0.4 is 4.90 Å². The molecule has 2 aromatic rings. The Hall–Kier alpha value is -1.76. The monoisotopic (exact) mass is 253 g/mol. The van der Waals surface area contributed by atoms with Crippen molar-refractivity contribution in [3.8, 4) is 11.1 Å². The molecule has 0 N–H and O–H groups in total. The number of benzene rings is 2. The second-order valence-electron chi connectivity index (χ2n) is 6.27. The maximum atomic E-state index is 2.24. The van der Waals surface area contributed by atoms with E-state index in [4.69, 9.17) is 0 Å². The SMILES string of the molecule is CN(C)c1cccc(-c2ccc(C(C)(C)C)cc2)c1. The van der Waals surface area contributed by atoms with Crippen LogP contribution in [0.2, 0.25) is 0 Å². The minimum atomic E-state index is 0.212. The van der Waals surface area contributed by atoms with Gasteiger partial charge in [-0.15, -0.1) is 0 Å². The van der Waals surface area contributed by atoms with E-state index in [0.717, 1.165) is 0 Å². The summed E-state index contributed by atoms with van der Waals surface area (Å²) in [6.07, 6.45) is 0. The predicted octanol–water partition coefficient (Wildman–Crippen LogP) is 4.72. The van der Waals surface area contributed by atoms with Gasteiger partial charge in [-0.3, -0.25) is 0 Å². The van der Waals surface area contributed by atoms with E-state index in [-0.39, 0.29) is 5.41 Å². The van der Waals surface area contributed by atoms with Crippen molar-refractivity contribution < 1.29 is 0 Å². The Morgan fingerprint density at radius 3 is 1.95 bits per heavy atom.